The summed E-state index contributed by atoms with van der Waals surface area (Å²) in [7, 11) is 0. The lowest BCUT2D eigenvalue weighted by Gasteiger charge is -2.24. The number of Topliss-reactive ketones (excluding diaryl/α,β-unsaturated/α-hetero) is 1. The van der Waals surface area contributed by atoms with Crippen molar-refractivity contribution in [2.45, 2.75) is 25.7 Å². The molecular formula is C16H14ClNO. The molecule has 0 amide bonds. The molecule has 1 heterocycles. The third kappa shape index (κ3) is 2.28. The van der Waals surface area contributed by atoms with E-state index in [1.807, 2.05) is 37.3 Å². The molecule has 2 aromatic rings. The molecule has 0 aliphatic heterocycles. The van der Waals surface area contributed by atoms with Crippen molar-refractivity contribution in [3.63, 3.8) is 0 Å². The van der Waals surface area contributed by atoms with Crippen LogP contribution in [-0.4, -0.2) is 10.8 Å². The van der Waals surface area contributed by atoms with Crippen LogP contribution < -0.4 is 0 Å². The third-order valence-electron chi connectivity index (χ3n) is 3.71. The van der Waals surface area contributed by atoms with E-state index >= 15 is 0 Å². The number of halogens is 1. The highest BCUT2D eigenvalue weighted by molar-refractivity contribution is 6.30. The van der Waals surface area contributed by atoms with E-state index in [1.165, 1.54) is 0 Å². The molecule has 0 spiro atoms. The molecule has 0 unspecified atom stereocenters. The second-order valence-electron chi connectivity index (χ2n) is 5.03. The van der Waals surface area contributed by atoms with Gasteiger partial charge in [-0.15, -0.1) is 0 Å². The molecule has 0 bridgehead atoms. The molecule has 19 heavy (non-hydrogen) atoms. The van der Waals surface area contributed by atoms with Gasteiger partial charge in [0.2, 0.25) is 0 Å². The number of fused-ring (bicyclic) bond motifs is 1. The predicted octanol–water partition coefficient (Wildman–Crippen LogP) is 3.96. The van der Waals surface area contributed by atoms with Crippen LogP contribution in [0.4, 0.5) is 0 Å². The van der Waals surface area contributed by atoms with Gasteiger partial charge < -0.3 is 0 Å². The molecule has 0 saturated carbocycles. The first-order valence-corrected chi connectivity index (χ1v) is 6.76. The zero-order chi connectivity index (χ0) is 13.4. The van der Waals surface area contributed by atoms with Crippen LogP contribution >= 0.6 is 11.6 Å². The lowest BCUT2D eigenvalue weighted by Crippen LogP contribution is -2.21. The molecule has 0 N–H and O–H groups in total. The Bertz CT molecular complexity index is 651. The minimum atomic E-state index is 0.188. The zero-order valence-corrected chi connectivity index (χ0v) is 11.4. The summed E-state index contributed by atoms with van der Waals surface area (Å²) in [6.45, 7) is 1.97. The van der Waals surface area contributed by atoms with Gasteiger partial charge in [-0.05, 0) is 48.6 Å². The van der Waals surface area contributed by atoms with Gasteiger partial charge in [-0.2, -0.15) is 0 Å². The van der Waals surface area contributed by atoms with Crippen LogP contribution in [0.25, 0.3) is 0 Å². The number of carbonyl (C=O) groups excluding carboxylic acids is 1. The molecule has 96 valence electrons. The summed E-state index contributed by atoms with van der Waals surface area (Å²) in [4.78, 5) is 16.7. The predicted molar refractivity (Wildman–Crippen MR) is 75.8 cm³/mol. The van der Waals surface area contributed by atoms with E-state index in [1.54, 1.807) is 6.20 Å². The Morgan fingerprint density at radius 3 is 2.89 bits per heavy atom. The molecule has 1 aliphatic rings. The van der Waals surface area contributed by atoms with Gasteiger partial charge in [0, 0.05) is 23.2 Å². The zero-order valence-electron chi connectivity index (χ0n) is 10.7. The fourth-order valence-electron chi connectivity index (χ4n) is 2.78. The van der Waals surface area contributed by atoms with Crippen molar-refractivity contribution in [1.29, 1.82) is 0 Å². The number of benzene rings is 1. The number of pyridine rings is 1. The number of rotatable bonds is 1. The van der Waals surface area contributed by atoms with Gasteiger partial charge in [0.25, 0.3) is 0 Å². The Labute approximate surface area is 117 Å². The number of nitrogens with zero attached hydrogens (tertiary/aromatic N) is 1. The number of aryl methyl sites for hydroxylation is 1. The van der Waals surface area contributed by atoms with Crippen LogP contribution in [0.1, 0.15) is 39.5 Å². The second kappa shape index (κ2) is 4.78. The topological polar surface area (TPSA) is 30.0 Å². The Kier molecular flexibility index (Phi) is 3.11. The van der Waals surface area contributed by atoms with Gasteiger partial charge in [-0.25, -0.2) is 0 Å². The van der Waals surface area contributed by atoms with E-state index in [9.17, 15) is 4.79 Å². The molecule has 1 aromatic carbocycles. The van der Waals surface area contributed by atoms with E-state index < -0.39 is 0 Å². The maximum absolute atomic E-state index is 12.3. The summed E-state index contributed by atoms with van der Waals surface area (Å²) in [6.07, 6.45) is 3.13. The van der Waals surface area contributed by atoms with Gasteiger partial charge >= 0.3 is 0 Å². The van der Waals surface area contributed by atoms with Crippen LogP contribution in [0.3, 0.4) is 0 Å². The molecule has 3 rings (SSSR count). The number of hydrogen-bond donors (Lipinski definition) is 0. The highest BCUT2D eigenvalue weighted by Gasteiger charge is 2.28. The molecule has 3 heteroatoms. The van der Waals surface area contributed by atoms with Crippen LogP contribution in [0.2, 0.25) is 5.02 Å². The Morgan fingerprint density at radius 2 is 2.11 bits per heavy atom. The highest BCUT2D eigenvalue weighted by Crippen LogP contribution is 2.33. The average molecular weight is 272 g/mol. The Hall–Kier alpha value is -1.67. The quantitative estimate of drug-likeness (QED) is 0.786. The normalized spacial score (nSPS) is 18.2. The molecule has 0 fully saturated rings. The first kappa shape index (κ1) is 12.4. The number of carbonyl (C=O) groups is 1. The van der Waals surface area contributed by atoms with Crippen LogP contribution in [0.15, 0.2) is 36.5 Å². The SMILES string of the molecule is Cc1ccnc2c1C(=O)C[C@H](c1cccc(Cl)c1)C2. The summed E-state index contributed by atoms with van der Waals surface area (Å²) in [5.74, 6) is 0.379. The van der Waals surface area contributed by atoms with E-state index in [4.69, 9.17) is 11.6 Å². The standard InChI is InChI=1S/C16H14ClNO/c1-10-5-6-18-14-8-12(9-15(19)16(10)14)11-3-2-4-13(17)7-11/h2-7,12H,8-9H2,1H3/t12-/m1/s1. The summed E-state index contributed by atoms with van der Waals surface area (Å²) in [5.41, 5.74) is 3.89. The molecule has 1 aliphatic carbocycles. The Morgan fingerprint density at radius 1 is 1.26 bits per heavy atom. The smallest absolute Gasteiger partial charge is 0.165 e. The van der Waals surface area contributed by atoms with Crippen molar-refractivity contribution < 1.29 is 4.79 Å². The van der Waals surface area contributed by atoms with Crippen molar-refractivity contribution in [2.75, 3.05) is 0 Å². The monoisotopic (exact) mass is 271 g/mol. The lowest BCUT2D eigenvalue weighted by molar-refractivity contribution is 0.0962. The van der Waals surface area contributed by atoms with Crippen molar-refractivity contribution in [3.05, 3.63) is 63.9 Å². The number of aromatic nitrogens is 1. The lowest BCUT2D eigenvalue weighted by atomic mass is 9.80. The van der Waals surface area contributed by atoms with Crippen molar-refractivity contribution in [1.82, 2.24) is 4.98 Å². The molecular weight excluding hydrogens is 258 g/mol. The summed E-state index contributed by atoms with van der Waals surface area (Å²) in [5, 5.41) is 0.716. The summed E-state index contributed by atoms with van der Waals surface area (Å²) < 4.78 is 0. The van der Waals surface area contributed by atoms with Crippen molar-refractivity contribution >= 4 is 17.4 Å². The third-order valence-corrected chi connectivity index (χ3v) is 3.94. The molecule has 0 radical (unpaired) electrons. The minimum absolute atomic E-state index is 0.188. The maximum atomic E-state index is 12.3. The van der Waals surface area contributed by atoms with Crippen molar-refractivity contribution in [2.24, 2.45) is 0 Å². The van der Waals surface area contributed by atoms with Gasteiger partial charge in [0.05, 0.1) is 5.69 Å². The van der Waals surface area contributed by atoms with Gasteiger partial charge in [0.15, 0.2) is 5.78 Å². The van der Waals surface area contributed by atoms with Crippen molar-refractivity contribution in [3.8, 4) is 0 Å². The first-order chi connectivity index (χ1) is 9.15. The van der Waals surface area contributed by atoms with Gasteiger partial charge in [-0.1, -0.05) is 23.7 Å². The molecule has 0 saturated heterocycles. The first-order valence-electron chi connectivity index (χ1n) is 6.38. The molecule has 1 aromatic heterocycles. The maximum Gasteiger partial charge on any atom is 0.165 e. The van der Waals surface area contributed by atoms with Crippen LogP contribution in [0.5, 0.6) is 0 Å². The van der Waals surface area contributed by atoms with E-state index in [0.717, 1.165) is 28.8 Å². The van der Waals surface area contributed by atoms with E-state index in [2.05, 4.69) is 4.98 Å². The minimum Gasteiger partial charge on any atom is -0.294 e. The average Bonchev–Trinajstić information content (AvgIpc) is 2.38. The number of ketones is 1. The number of hydrogen-bond acceptors (Lipinski definition) is 2. The van der Waals surface area contributed by atoms with Crippen LogP contribution in [-0.2, 0) is 6.42 Å². The van der Waals surface area contributed by atoms with E-state index in [-0.39, 0.29) is 11.7 Å². The molecule has 1 atom stereocenters. The highest BCUT2D eigenvalue weighted by atomic mass is 35.5. The van der Waals surface area contributed by atoms with Gasteiger partial charge in [0.1, 0.15) is 0 Å². The summed E-state index contributed by atoms with van der Waals surface area (Å²) >= 11 is 6.03. The fourth-order valence-corrected chi connectivity index (χ4v) is 2.98. The van der Waals surface area contributed by atoms with E-state index in [0.29, 0.717) is 11.4 Å². The second-order valence-corrected chi connectivity index (χ2v) is 5.47. The van der Waals surface area contributed by atoms with Gasteiger partial charge in [-0.3, -0.25) is 9.78 Å². The molecule has 2 nitrogen and oxygen atoms in total. The summed E-state index contributed by atoms with van der Waals surface area (Å²) in [6, 6.07) is 9.66. The Balaban J connectivity index is 2.00. The fraction of sp³-hybridized carbons (Fsp3) is 0.250. The van der Waals surface area contributed by atoms with Crippen LogP contribution in [0, 0.1) is 6.92 Å². The largest absolute Gasteiger partial charge is 0.294 e.